The number of esters is 2. The summed E-state index contributed by atoms with van der Waals surface area (Å²) in [6, 6.07) is 6.57. The van der Waals surface area contributed by atoms with E-state index in [1.807, 2.05) is 13.8 Å². The van der Waals surface area contributed by atoms with Gasteiger partial charge in [0.25, 0.3) is 0 Å². The lowest BCUT2D eigenvalue weighted by molar-refractivity contribution is -0.150. The molecule has 2 aliphatic rings. The molecular weight excluding hydrogens is 398 g/mol. The molecule has 1 aliphatic carbocycles. The van der Waals surface area contributed by atoms with E-state index in [1.54, 1.807) is 45.0 Å². The number of rotatable bonds is 3. The second-order valence-electron chi connectivity index (χ2n) is 9.71. The predicted molar refractivity (Wildman–Crippen MR) is 114 cm³/mol. The molecule has 7 nitrogen and oxygen atoms in total. The lowest BCUT2D eigenvalue weighted by Gasteiger charge is -2.38. The van der Waals surface area contributed by atoms with Gasteiger partial charge >= 0.3 is 11.9 Å². The largest absolute Gasteiger partial charge is 0.465 e. The first-order chi connectivity index (χ1) is 14.3. The van der Waals surface area contributed by atoms with Crippen LogP contribution in [-0.2, 0) is 23.8 Å². The van der Waals surface area contributed by atoms with E-state index in [9.17, 15) is 14.4 Å². The van der Waals surface area contributed by atoms with Crippen LogP contribution in [0.25, 0.3) is 0 Å². The van der Waals surface area contributed by atoms with Crippen molar-refractivity contribution >= 4 is 17.7 Å². The van der Waals surface area contributed by atoms with Crippen molar-refractivity contribution in [2.45, 2.75) is 59.0 Å². The van der Waals surface area contributed by atoms with Crippen LogP contribution in [0.15, 0.2) is 47.1 Å². The van der Waals surface area contributed by atoms with Gasteiger partial charge in [0.1, 0.15) is 16.9 Å². The number of ether oxygens (including phenoxy) is 3. The zero-order chi connectivity index (χ0) is 23.1. The minimum Gasteiger partial charge on any atom is -0.465 e. The van der Waals surface area contributed by atoms with E-state index in [-0.39, 0.29) is 22.7 Å². The average Bonchev–Trinajstić information content (AvgIpc) is 2.63. The molecule has 0 amide bonds. The zero-order valence-electron chi connectivity index (χ0n) is 18.8. The lowest BCUT2D eigenvalue weighted by Crippen LogP contribution is -2.37. The van der Waals surface area contributed by atoms with Gasteiger partial charge in [0.05, 0.1) is 18.6 Å². The molecule has 0 aromatic heterocycles. The number of nitrogens with two attached hydrogens (primary N) is 1. The molecule has 1 aromatic rings. The number of hydrogen-bond acceptors (Lipinski definition) is 7. The highest BCUT2D eigenvalue weighted by Crippen LogP contribution is 2.48. The number of Topliss-reactive ketones (excluding diaryl/α,β-unsaturated/α-hetero) is 1. The van der Waals surface area contributed by atoms with Crippen LogP contribution in [0.3, 0.4) is 0 Å². The Hall–Kier alpha value is -3.09. The Labute approximate surface area is 182 Å². The molecule has 2 N–H and O–H groups in total. The molecule has 0 bridgehead atoms. The quantitative estimate of drug-likeness (QED) is 0.733. The fourth-order valence-electron chi connectivity index (χ4n) is 3.98. The minimum atomic E-state index is -0.753. The summed E-state index contributed by atoms with van der Waals surface area (Å²) in [6.45, 7) is 9.24. The maximum atomic E-state index is 13.2. The number of carbonyl (C=O) groups is 3. The molecule has 1 atom stereocenters. The van der Waals surface area contributed by atoms with Crippen LogP contribution in [0.1, 0.15) is 69.3 Å². The van der Waals surface area contributed by atoms with Crippen LogP contribution in [0, 0.1) is 5.41 Å². The molecule has 1 aliphatic heterocycles. The van der Waals surface area contributed by atoms with Gasteiger partial charge in [0.15, 0.2) is 5.78 Å². The Balaban J connectivity index is 2.14. The predicted octanol–water partition coefficient (Wildman–Crippen LogP) is 3.74. The van der Waals surface area contributed by atoms with Crippen LogP contribution in [0.4, 0.5) is 0 Å². The summed E-state index contributed by atoms with van der Waals surface area (Å²) in [5.74, 6) is -1.54. The first kappa shape index (κ1) is 22.6. The van der Waals surface area contributed by atoms with E-state index in [0.717, 1.165) is 0 Å². The topological polar surface area (TPSA) is 105 Å². The van der Waals surface area contributed by atoms with Crippen LogP contribution >= 0.6 is 0 Å². The van der Waals surface area contributed by atoms with E-state index < -0.39 is 23.5 Å². The van der Waals surface area contributed by atoms with Crippen molar-refractivity contribution in [1.29, 1.82) is 0 Å². The smallest absolute Gasteiger partial charge is 0.340 e. The van der Waals surface area contributed by atoms with E-state index in [0.29, 0.717) is 35.3 Å². The normalized spacial score (nSPS) is 20.7. The monoisotopic (exact) mass is 427 g/mol. The Kier molecular flexibility index (Phi) is 5.74. The summed E-state index contributed by atoms with van der Waals surface area (Å²) in [5.41, 5.74) is 6.68. The molecular formula is C24H29NO6. The molecule has 0 saturated carbocycles. The second-order valence-corrected chi connectivity index (χ2v) is 9.71. The Morgan fingerprint density at radius 3 is 2.26 bits per heavy atom. The SMILES string of the molecule is COC(=O)c1ccc([C@@H]2C(C(=O)OC(C)(C)C)=C(N)OC3=C2C(=O)CC(C)(C)C3)cc1. The highest BCUT2D eigenvalue weighted by Gasteiger charge is 2.45. The summed E-state index contributed by atoms with van der Waals surface area (Å²) < 4.78 is 16.1. The van der Waals surface area contributed by atoms with Gasteiger partial charge in [-0.3, -0.25) is 4.79 Å². The van der Waals surface area contributed by atoms with Crippen LogP contribution in [0.2, 0.25) is 0 Å². The average molecular weight is 427 g/mol. The van der Waals surface area contributed by atoms with Gasteiger partial charge in [0.2, 0.25) is 5.88 Å². The van der Waals surface area contributed by atoms with E-state index in [4.69, 9.17) is 19.9 Å². The number of benzene rings is 1. The molecule has 0 saturated heterocycles. The van der Waals surface area contributed by atoms with Gasteiger partial charge in [-0.1, -0.05) is 26.0 Å². The van der Waals surface area contributed by atoms with Crippen molar-refractivity contribution < 1.29 is 28.6 Å². The third-order valence-electron chi connectivity index (χ3n) is 5.24. The van der Waals surface area contributed by atoms with Crippen LogP contribution < -0.4 is 5.73 Å². The first-order valence-corrected chi connectivity index (χ1v) is 10.2. The Bertz CT molecular complexity index is 992. The number of allylic oxidation sites excluding steroid dienone is 2. The van der Waals surface area contributed by atoms with Crippen molar-refractivity contribution in [2.75, 3.05) is 7.11 Å². The maximum absolute atomic E-state index is 13.2. The lowest BCUT2D eigenvalue weighted by atomic mass is 9.70. The molecule has 0 spiro atoms. The third-order valence-corrected chi connectivity index (χ3v) is 5.24. The third kappa shape index (κ3) is 4.65. The Morgan fingerprint density at radius 2 is 1.71 bits per heavy atom. The number of carbonyl (C=O) groups excluding carboxylic acids is 3. The van der Waals surface area contributed by atoms with Crippen LogP contribution in [0.5, 0.6) is 0 Å². The number of ketones is 1. The molecule has 7 heteroatoms. The van der Waals surface area contributed by atoms with E-state index in [2.05, 4.69) is 0 Å². The van der Waals surface area contributed by atoms with Gasteiger partial charge in [-0.25, -0.2) is 9.59 Å². The summed E-state index contributed by atoms with van der Waals surface area (Å²) in [5, 5.41) is 0. The maximum Gasteiger partial charge on any atom is 0.340 e. The molecule has 1 heterocycles. The fourth-order valence-corrected chi connectivity index (χ4v) is 3.98. The molecule has 0 unspecified atom stereocenters. The van der Waals surface area contributed by atoms with Gasteiger partial charge in [-0.05, 0) is 43.9 Å². The standard InChI is InChI=1S/C24H29NO6/c1-23(2,3)31-22(28)19-17(13-7-9-14(10-8-13)21(27)29-6)18-15(26)11-24(4,5)12-16(18)30-20(19)25/h7-10,17H,11-12,25H2,1-6H3/t17-/m0/s1. The van der Waals surface area contributed by atoms with E-state index in [1.165, 1.54) is 7.11 Å². The van der Waals surface area contributed by atoms with Crippen LogP contribution in [-0.4, -0.2) is 30.4 Å². The van der Waals surface area contributed by atoms with Crippen molar-refractivity contribution in [3.8, 4) is 0 Å². The van der Waals surface area contributed by atoms with E-state index >= 15 is 0 Å². The minimum absolute atomic E-state index is 0.0689. The van der Waals surface area contributed by atoms with Crippen molar-refractivity contribution in [2.24, 2.45) is 11.1 Å². The van der Waals surface area contributed by atoms with Crippen molar-refractivity contribution in [3.63, 3.8) is 0 Å². The van der Waals surface area contributed by atoms with Gasteiger partial charge < -0.3 is 19.9 Å². The molecule has 3 rings (SSSR count). The molecule has 31 heavy (non-hydrogen) atoms. The fraction of sp³-hybridized carbons (Fsp3) is 0.458. The zero-order valence-corrected chi connectivity index (χ0v) is 18.8. The van der Waals surface area contributed by atoms with Crippen molar-refractivity contribution in [1.82, 2.24) is 0 Å². The summed E-state index contributed by atoms with van der Waals surface area (Å²) >= 11 is 0. The molecule has 166 valence electrons. The molecule has 1 aromatic carbocycles. The first-order valence-electron chi connectivity index (χ1n) is 10.2. The number of methoxy groups -OCH3 is 1. The summed E-state index contributed by atoms with van der Waals surface area (Å²) in [4.78, 5) is 38.1. The number of hydrogen-bond donors (Lipinski definition) is 1. The second kappa shape index (κ2) is 7.87. The molecule has 0 fully saturated rings. The Morgan fingerprint density at radius 1 is 1.10 bits per heavy atom. The molecule has 0 radical (unpaired) electrons. The van der Waals surface area contributed by atoms with Gasteiger partial charge in [0, 0.05) is 18.4 Å². The highest BCUT2D eigenvalue weighted by molar-refractivity contribution is 6.03. The van der Waals surface area contributed by atoms with Gasteiger partial charge in [-0.2, -0.15) is 0 Å². The summed E-state index contributed by atoms with van der Waals surface area (Å²) in [6.07, 6.45) is 0.848. The summed E-state index contributed by atoms with van der Waals surface area (Å²) in [7, 11) is 1.30. The van der Waals surface area contributed by atoms with Crippen molar-refractivity contribution in [3.05, 3.63) is 58.2 Å². The van der Waals surface area contributed by atoms with Gasteiger partial charge in [-0.15, -0.1) is 0 Å². The highest BCUT2D eigenvalue weighted by atomic mass is 16.6.